The normalized spacial score (nSPS) is 15.9. The number of pyridine rings is 1. The summed E-state index contributed by atoms with van der Waals surface area (Å²) in [5, 5.41) is 0. The number of carbonyl (C=O) groups is 1. The smallest absolute Gasteiger partial charge is 0.337 e. The van der Waals surface area contributed by atoms with Crippen LogP contribution in [0.4, 0.5) is 23.5 Å². The minimum absolute atomic E-state index is 0.0204. The standard InChI is InChI=1S/C18H20F4N6O2/c1-11(23)9-28-10-12(6-14(19)16(28)30)15(29)26-2-4-27(5-3-26)17-24-7-13(8-25-17)18(20,21)22/h6-8,10-11H,2-5,9,23H2,1H3/t11-/m0/s1. The number of alkyl halides is 3. The summed E-state index contributed by atoms with van der Waals surface area (Å²) in [5.74, 6) is -1.37. The lowest BCUT2D eigenvalue weighted by Gasteiger charge is -2.34. The molecule has 2 aromatic rings. The number of hydrogen-bond acceptors (Lipinski definition) is 6. The van der Waals surface area contributed by atoms with Crippen molar-refractivity contribution in [2.45, 2.75) is 25.7 Å². The van der Waals surface area contributed by atoms with Gasteiger partial charge in [-0.3, -0.25) is 9.59 Å². The second kappa shape index (κ2) is 8.38. The average Bonchev–Trinajstić information content (AvgIpc) is 2.70. The van der Waals surface area contributed by atoms with Crippen molar-refractivity contribution in [1.29, 1.82) is 0 Å². The molecule has 2 aromatic heterocycles. The van der Waals surface area contributed by atoms with Gasteiger partial charge in [-0.15, -0.1) is 0 Å². The quantitative estimate of drug-likeness (QED) is 0.733. The van der Waals surface area contributed by atoms with Crippen LogP contribution in [0.3, 0.4) is 0 Å². The van der Waals surface area contributed by atoms with E-state index >= 15 is 0 Å². The summed E-state index contributed by atoms with van der Waals surface area (Å²) >= 11 is 0. The molecule has 0 radical (unpaired) electrons. The molecule has 0 aromatic carbocycles. The van der Waals surface area contributed by atoms with E-state index in [-0.39, 0.29) is 31.1 Å². The maximum atomic E-state index is 14.0. The van der Waals surface area contributed by atoms with Crippen molar-refractivity contribution < 1.29 is 22.4 Å². The van der Waals surface area contributed by atoms with Gasteiger partial charge < -0.3 is 20.1 Å². The van der Waals surface area contributed by atoms with E-state index in [1.165, 1.54) is 11.1 Å². The van der Waals surface area contributed by atoms with Gasteiger partial charge in [0.2, 0.25) is 5.95 Å². The van der Waals surface area contributed by atoms with Gasteiger partial charge in [-0.05, 0) is 13.0 Å². The third-order valence-electron chi connectivity index (χ3n) is 4.59. The molecule has 12 heteroatoms. The molecular formula is C18H20F4N6O2. The van der Waals surface area contributed by atoms with Crippen LogP contribution in [0.25, 0.3) is 0 Å². The Bertz CT molecular complexity index is 966. The third kappa shape index (κ3) is 4.75. The molecule has 3 rings (SSSR count). The predicted octanol–water partition coefficient (Wildman–Crippen LogP) is 1.11. The molecule has 1 atom stereocenters. The summed E-state index contributed by atoms with van der Waals surface area (Å²) in [4.78, 5) is 35.2. The van der Waals surface area contributed by atoms with Crippen LogP contribution >= 0.6 is 0 Å². The number of carbonyl (C=O) groups excluding carboxylic acids is 1. The van der Waals surface area contributed by atoms with E-state index in [9.17, 15) is 27.2 Å². The molecule has 1 aliphatic rings. The minimum Gasteiger partial charge on any atom is -0.337 e. The predicted molar refractivity (Wildman–Crippen MR) is 99.5 cm³/mol. The molecule has 3 heterocycles. The fourth-order valence-corrected chi connectivity index (χ4v) is 3.09. The molecular weight excluding hydrogens is 408 g/mol. The molecule has 0 aliphatic carbocycles. The van der Waals surface area contributed by atoms with E-state index in [4.69, 9.17) is 5.73 Å². The molecule has 30 heavy (non-hydrogen) atoms. The average molecular weight is 428 g/mol. The van der Waals surface area contributed by atoms with Crippen molar-refractivity contribution >= 4 is 11.9 Å². The second-order valence-electron chi connectivity index (χ2n) is 7.06. The lowest BCUT2D eigenvalue weighted by Crippen LogP contribution is -2.49. The summed E-state index contributed by atoms with van der Waals surface area (Å²) in [6.07, 6.45) is -1.81. The van der Waals surface area contributed by atoms with Gasteiger partial charge in [-0.25, -0.2) is 14.4 Å². The maximum Gasteiger partial charge on any atom is 0.419 e. The Kier molecular flexibility index (Phi) is 6.06. The number of hydrogen-bond donors (Lipinski definition) is 1. The lowest BCUT2D eigenvalue weighted by atomic mass is 10.2. The van der Waals surface area contributed by atoms with Crippen LogP contribution in [0.5, 0.6) is 0 Å². The van der Waals surface area contributed by atoms with Crippen LogP contribution in [0.2, 0.25) is 0 Å². The zero-order valence-corrected chi connectivity index (χ0v) is 16.1. The summed E-state index contributed by atoms with van der Waals surface area (Å²) in [6.45, 7) is 2.77. The molecule has 1 amide bonds. The largest absolute Gasteiger partial charge is 0.419 e. The molecule has 0 bridgehead atoms. The van der Waals surface area contributed by atoms with E-state index in [1.54, 1.807) is 11.8 Å². The highest BCUT2D eigenvalue weighted by Crippen LogP contribution is 2.28. The van der Waals surface area contributed by atoms with E-state index in [0.717, 1.165) is 10.6 Å². The Morgan fingerprint density at radius 2 is 1.80 bits per heavy atom. The van der Waals surface area contributed by atoms with Crippen molar-refractivity contribution in [3.63, 3.8) is 0 Å². The Morgan fingerprint density at radius 1 is 1.20 bits per heavy atom. The zero-order chi connectivity index (χ0) is 22.1. The van der Waals surface area contributed by atoms with Gasteiger partial charge in [0.15, 0.2) is 5.82 Å². The van der Waals surface area contributed by atoms with E-state index < -0.39 is 35.1 Å². The first-order valence-electron chi connectivity index (χ1n) is 9.15. The maximum absolute atomic E-state index is 14.0. The van der Waals surface area contributed by atoms with Gasteiger partial charge in [0.1, 0.15) is 0 Å². The lowest BCUT2D eigenvalue weighted by molar-refractivity contribution is -0.138. The van der Waals surface area contributed by atoms with Gasteiger partial charge in [-0.1, -0.05) is 0 Å². The van der Waals surface area contributed by atoms with Crippen LogP contribution in [0.15, 0.2) is 29.5 Å². The highest BCUT2D eigenvalue weighted by molar-refractivity contribution is 5.94. The van der Waals surface area contributed by atoms with Gasteiger partial charge in [0.05, 0.1) is 11.1 Å². The summed E-state index contributed by atoms with van der Waals surface area (Å²) in [5.41, 5.74) is 3.88. The number of nitrogens with zero attached hydrogens (tertiary/aromatic N) is 5. The zero-order valence-electron chi connectivity index (χ0n) is 16.1. The molecule has 0 spiro atoms. The van der Waals surface area contributed by atoms with Gasteiger partial charge >= 0.3 is 6.18 Å². The Hall–Kier alpha value is -3.02. The van der Waals surface area contributed by atoms with Crippen LogP contribution in [-0.2, 0) is 12.7 Å². The number of halogens is 4. The highest BCUT2D eigenvalue weighted by Gasteiger charge is 2.32. The number of amides is 1. The van der Waals surface area contributed by atoms with Gasteiger partial charge in [0.25, 0.3) is 11.5 Å². The van der Waals surface area contributed by atoms with Gasteiger partial charge in [-0.2, -0.15) is 13.2 Å². The first kappa shape index (κ1) is 21.7. The fourth-order valence-electron chi connectivity index (χ4n) is 3.09. The van der Waals surface area contributed by atoms with Crippen LogP contribution in [0.1, 0.15) is 22.8 Å². The molecule has 1 saturated heterocycles. The summed E-state index contributed by atoms with van der Waals surface area (Å²) in [7, 11) is 0. The number of piperazine rings is 1. The van der Waals surface area contributed by atoms with Crippen molar-refractivity contribution in [2.24, 2.45) is 5.73 Å². The van der Waals surface area contributed by atoms with Crippen LogP contribution < -0.4 is 16.2 Å². The molecule has 0 unspecified atom stereocenters. The van der Waals surface area contributed by atoms with E-state index in [0.29, 0.717) is 25.5 Å². The summed E-state index contributed by atoms with van der Waals surface area (Å²) in [6, 6.07) is 0.493. The van der Waals surface area contributed by atoms with Crippen molar-refractivity contribution in [3.8, 4) is 0 Å². The molecule has 0 saturated carbocycles. The first-order chi connectivity index (χ1) is 14.1. The number of aromatic nitrogens is 3. The Morgan fingerprint density at radius 3 is 2.33 bits per heavy atom. The number of rotatable bonds is 4. The summed E-state index contributed by atoms with van der Waals surface area (Å²) < 4.78 is 52.9. The van der Waals surface area contributed by atoms with Crippen LogP contribution in [0, 0.1) is 5.82 Å². The first-order valence-corrected chi connectivity index (χ1v) is 9.15. The topological polar surface area (TPSA) is 97.3 Å². The van der Waals surface area contributed by atoms with Crippen LogP contribution in [-0.4, -0.2) is 57.6 Å². The number of anilines is 1. The van der Waals surface area contributed by atoms with Crippen molar-refractivity contribution in [3.05, 3.63) is 52.0 Å². The number of nitrogens with two attached hydrogens (primary N) is 1. The highest BCUT2D eigenvalue weighted by atomic mass is 19.4. The minimum atomic E-state index is -4.52. The molecule has 1 aliphatic heterocycles. The van der Waals surface area contributed by atoms with E-state index in [1.807, 2.05) is 0 Å². The Balaban J connectivity index is 1.68. The second-order valence-corrected chi connectivity index (χ2v) is 7.06. The molecule has 8 nitrogen and oxygen atoms in total. The third-order valence-corrected chi connectivity index (χ3v) is 4.59. The van der Waals surface area contributed by atoms with Crippen molar-refractivity contribution in [2.75, 3.05) is 31.1 Å². The molecule has 162 valence electrons. The monoisotopic (exact) mass is 428 g/mol. The SMILES string of the molecule is C[C@H](N)Cn1cc(C(=O)N2CCN(c3ncc(C(F)(F)F)cn3)CC2)cc(F)c1=O. The molecule has 2 N–H and O–H groups in total. The van der Waals surface area contributed by atoms with Gasteiger partial charge in [0, 0.05) is 57.4 Å². The van der Waals surface area contributed by atoms with E-state index in [2.05, 4.69) is 9.97 Å². The Labute approximate surface area is 168 Å². The molecule has 1 fully saturated rings. The van der Waals surface area contributed by atoms with Crippen molar-refractivity contribution in [1.82, 2.24) is 19.4 Å². The fraction of sp³-hybridized carbons (Fsp3) is 0.444.